The molecule has 2 aromatic carbocycles. The van der Waals surface area contributed by atoms with Crippen LogP contribution in [0.5, 0.6) is 0 Å². The third-order valence-electron chi connectivity index (χ3n) is 4.72. The first-order valence-corrected chi connectivity index (χ1v) is 9.96. The first-order chi connectivity index (χ1) is 12.7. The summed E-state index contributed by atoms with van der Waals surface area (Å²) in [7, 11) is -0.922. The van der Waals surface area contributed by atoms with Crippen LogP contribution in [0.1, 0.15) is 18.1 Å². The van der Waals surface area contributed by atoms with Crippen LogP contribution in [0.15, 0.2) is 50.9 Å². The van der Waals surface area contributed by atoms with Crippen LogP contribution in [0, 0.1) is 6.92 Å². The smallest absolute Gasteiger partial charge is 0.305 e. The van der Waals surface area contributed by atoms with E-state index in [1.54, 1.807) is 25.1 Å². The molecule has 3 rings (SSSR count). The SMILES string of the molecule is CCc1ccccc1NS(=O)(=O)c1cc2c(cc1C)n(C)c(=O)c(=O)n2C. The molecule has 142 valence electrons. The fourth-order valence-electron chi connectivity index (χ4n) is 3.12. The monoisotopic (exact) mass is 387 g/mol. The number of anilines is 1. The summed E-state index contributed by atoms with van der Waals surface area (Å²) < 4.78 is 31.1. The highest BCUT2D eigenvalue weighted by Gasteiger charge is 2.21. The maximum Gasteiger partial charge on any atom is 0.316 e. The first-order valence-electron chi connectivity index (χ1n) is 8.48. The molecule has 1 N–H and O–H groups in total. The van der Waals surface area contributed by atoms with Crippen LogP contribution < -0.4 is 15.8 Å². The number of hydrogen-bond donors (Lipinski definition) is 1. The number of fused-ring (bicyclic) bond motifs is 1. The molecule has 0 unspecified atom stereocenters. The number of nitrogens with one attached hydrogen (secondary N) is 1. The van der Waals surface area contributed by atoms with Gasteiger partial charge in [-0.3, -0.25) is 14.3 Å². The van der Waals surface area contributed by atoms with Gasteiger partial charge in [0.2, 0.25) is 0 Å². The van der Waals surface area contributed by atoms with Crippen molar-refractivity contribution in [2.24, 2.45) is 14.1 Å². The van der Waals surface area contributed by atoms with Gasteiger partial charge in [-0.05, 0) is 42.7 Å². The molecule has 0 saturated heterocycles. The molecular formula is C19H21N3O4S. The quantitative estimate of drug-likeness (QED) is 0.693. The summed E-state index contributed by atoms with van der Waals surface area (Å²) in [6.45, 7) is 3.61. The van der Waals surface area contributed by atoms with Crippen molar-refractivity contribution >= 4 is 26.7 Å². The molecule has 8 heteroatoms. The lowest BCUT2D eigenvalue weighted by atomic mass is 10.1. The standard InChI is InChI=1S/C19H21N3O4S/c1-5-13-8-6-7-9-14(13)20-27(25,26)17-11-16-15(10-12(17)2)21(3)18(23)19(24)22(16)4/h6-11,20H,5H2,1-4H3. The van der Waals surface area contributed by atoms with Crippen LogP contribution in [0.2, 0.25) is 0 Å². The molecule has 7 nitrogen and oxygen atoms in total. The molecule has 0 aliphatic carbocycles. The normalized spacial score (nSPS) is 11.7. The van der Waals surface area contributed by atoms with Crippen LogP contribution in [0.3, 0.4) is 0 Å². The van der Waals surface area contributed by atoms with Gasteiger partial charge in [-0.15, -0.1) is 0 Å². The van der Waals surface area contributed by atoms with Crippen LogP contribution in [-0.4, -0.2) is 17.6 Å². The number of para-hydroxylation sites is 1. The van der Waals surface area contributed by atoms with Crippen molar-refractivity contribution < 1.29 is 8.42 Å². The maximum atomic E-state index is 13.0. The van der Waals surface area contributed by atoms with Gasteiger partial charge < -0.3 is 9.13 Å². The Balaban J connectivity index is 2.23. The van der Waals surface area contributed by atoms with E-state index < -0.39 is 21.1 Å². The number of hydrogen-bond acceptors (Lipinski definition) is 4. The molecule has 27 heavy (non-hydrogen) atoms. The molecule has 0 spiro atoms. The molecule has 0 aliphatic rings. The average Bonchev–Trinajstić information content (AvgIpc) is 2.64. The van der Waals surface area contributed by atoms with Gasteiger partial charge in [-0.25, -0.2) is 8.42 Å². The summed E-state index contributed by atoms with van der Waals surface area (Å²) in [4.78, 5) is 24.2. The zero-order valence-corrected chi connectivity index (χ0v) is 16.4. The fraction of sp³-hybridized carbons (Fsp3) is 0.263. The van der Waals surface area contributed by atoms with E-state index in [0.717, 1.165) is 5.56 Å². The summed E-state index contributed by atoms with van der Waals surface area (Å²) >= 11 is 0. The van der Waals surface area contributed by atoms with Crippen molar-refractivity contribution in [3.05, 3.63) is 68.2 Å². The maximum absolute atomic E-state index is 13.0. The van der Waals surface area contributed by atoms with Gasteiger partial charge in [0, 0.05) is 14.1 Å². The van der Waals surface area contributed by atoms with Crippen LogP contribution >= 0.6 is 0 Å². The van der Waals surface area contributed by atoms with E-state index in [0.29, 0.717) is 28.7 Å². The number of aryl methyl sites for hydroxylation is 4. The minimum Gasteiger partial charge on any atom is -0.305 e. The van der Waals surface area contributed by atoms with Gasteiger partial charge in [0.1, 0.15) is 0 Å². The summed E-state index contributed by atoms with van der Waals surface area (Å²) in [5, 5.41) is 0. The number of sulfonamides is 1. The number of rotatable bonds is 4. The number of nitrogens with zero attached hydrogens (tertiary/aromatic N) is 2. The van der Waals surface area contributed by atoms with Crippen molar-refractivity contribution in [2.45, 2.75) is 25.2 Å². The Labute approximate surface area is 156 Å². The largest absolute Gasteiger partial charge is 0.316 e. The van der Waals surface area contributed by atoms with Crippen molar-refractivity contribution in [1.82, 2.24) is 9.13 Å². The third-order valence-corrected chi connectivity index (χ3v) is 6.23. The molecule has 1 heterocycles. The Morgan fingerprint density at radius 3 is 2.11 bits per heavy atom. The molecule has 3 aromatic rings. The zero-order chi connectivity index (χ0) is 19.9. The van der Waals surface area contributed by atoms with E-state index in [9.17, 15) is 18.0 Å². The summed E-state index contributed by atoms with van der Waals surface area (Å²) in [5.41, 5.74) is 1.39. The van der Waals surface area contributed by atoms with E-state index in [-0.39, 0.29) is 4.90 Å². The van der Waals surface area contributed by atoms with Crippen molar-refractivity contribution in [3.8, 4) is 0 Å². The summed E-state index contributed by atoms with van der Waals surface area (Å²) in [5.74, 6) is 0. The zero-order valence-electron chi connectivity index (χ0n) is 15.6. The number of benzene rings is 2. The Morgan fingerprint density at radius 2 is 1.52 bits per heavy atom. The van der Waals surface area contributed by atoms with E-state index >= 15 is 0 Å². The lowest BCUT2D eigenvalue weighted by Crippen LogP contribution is -2.39. The van der Waals surface area contributed by atoms with Crippen molar-refractivity contribution in [1.29, 1.82) is 0 Å². The Kier molecular flexibility index (Phi) is 4.69. The summed E-state index contributed by atoms with van der Waals surface area (Å²) in [6, 6.07) is 10.2. The van der Waals surface area contributed by atoms with Gasteiger partial charge in [-0.2, -0.15) is 0 Å². The van der Waals surface area contributed by atoms with Crippen molar-refractivity contribution in [3.63, 3.8) is 0 Å². The molecule has 0 aliphatic heterocycles. The average molecular weight is 387 g/mol. The number of aromatic nitrogens is 2. The molecule has 0 radical (unpaired) electrons. The lowest BCUT2D eigenvalue weighted by Gasteiger charge is -2.16. The Hall–Kier alpha value is -2.87. The minimum absolute atomic E-state index is 0.0644. The van der Waals surface area contributed by atoms with E-state index in [4.69, 9.17) is 0 Å². The Bertz CT molecular complexity index is 1270. The third kappa shape index (κ3) is 3.16. The first kappa shape index (κ1) is 18.9. The van der Waals surface area contributed by atoms with Gasteiger partial charge in [0.05, 0.1) is 21.6 Å². The van der Waals surface area contributed by atoms with Gasteiger partial charge in [-0.1, -0.05) is 25.1 Å². The van der Waals surface area contributed by atoms with Gasteiger partial charge >= 0.3 is 11.1 Å². The van der Waals surface area contributed by atoms with E-state index in [1.807, 2.05) is 19.1 Å². The van der Waals surface area contributed by atoms with Gasteiger partial charge in [0.15, 0.2) is 0 Å². The molecule has 0 amide bonds. The molecule has 0 fully saturated rings. The second-order valence-electron chi connectivity index (χ2n) is 6.45. The molecular weight excluding hydrogens is 366 g/mol. The molecule has 1 aromatic heterocycles. The second kappa shape index (κ2) is 6.70. The predicted octanol–water partition coefficient (Wildman–Crippen LogP) is 1.91. The second-order valence-corrected chi connectivity index (χ2v) is 8.10. The van der Waals surface area contributed by atoms with E-state index in [1.165, 1.54) is 29.3 Å². The highest BCUT2D eigenvalue weighted by Crippen LogP contribution is 2.25. The van der Waals surface area contributed by atoms with Crippen LogP contribution in [0.4, 0.5) is 5.69 Å². The van der Waals surface area contributed by atoms with E-state index in [2.05, 4.69) is 4.72 Å². The predicted molar refractivity (Wildman–Crippen MR) is 106 cm³/mol. The van der Waals surface area contributed by atoms with Gasteiger partial charge in [0.25, 0.3) is 10.0 Å². The highest BCUT2D eigenvalue weighted by molar-refractivity contribution is 7.92. The molecule has 0 bridgehead atoms. The molecule has 0 atom stereocenters. The minimum atomic E-state index is -3.87. The Morgan fingerprint density at radius 1 is 0.963 bits per heavy atom. The fourth-order valence-corrected chi connectivity index (χ4v) is 4.47. The molecule has 0 saturated carbocycles. The highest BCUT2D eigenvalue weighted by atomic mass is 32.2. The summed E-state index contributed by atoms with van der Waals surface area (Å²) in [6.07, 6.45) is 0.687. The lowest BCUT2D eigenvalue weighted by molar-refractivity contribution is 0.600. The topological polar surface area (TPSA) is 90.2 Å². The van der Waals surface area contributed by atoms with Crippen molar-refractivity contribution in [2.75, 3.05) is 4.72 Å². The van der Waals surface area contributed by atoms with Crippen LogP contribution in [0.25, 0.3) is 11.0 Å². The van der Waals surface area contributed by atoms with Crippen LogP contribution in [-0.2, 0) is 30.5 Å².